The first-order chi connectivity index (χ1) is 11.6. The Labute approximate surface area is 140 Å². The summed E-state index contributed by atoms with van der Waals surface area (Å²) in [5.74, 6) is 1.18. The van der Waals surface area contributed by atoms with Crippen molar-refractivity contribution in [2.24, 2.45) is 5.10 Å². The van der Waals surface area contributed by atoms with Crippen molar-refractivity contribution in [2.75, 3.05) is 12.1 Å². The van der Waals surface area contributed by atoms with Crippen LogP contribution in [-0.4, -0.2) is 25.0 Å². The summed E-state index contributed by atoms with van der Waals surface area (Å²) in [6.07, 6.45) is 1.57. The van der Waals surface area contributed by atoms with E-state index in [9.17, 15) is 4.79 Å². The van der Waals surface area contributed by atoms with E-state index in [1.54, 1.807) is 13.1 Å². The Kier molecular flexibility index (Phi) is 4.65. The Balaban J connectivity index is 1.53. The number of nitrogens with zero attached hydrogens (tertiary/aromatic N) is 1. The lowest BCUT2D eigenvalue weighted by Gasteiger charge is -2.13. The molecule has 0 aromatic heterocycles. The first kappa shape index (κ1) is 15.9. The number of benzene rings is 2. The Morgan fingerprint density at radius 1 is 1.17 bits per heavy atom. The molecule has 0 bridgehead atoms. The second kappa shape index (κ2) is 7.04. The summed E-state index contributed by atoms with van der Waals surface area (Å²) < 4.78 is 10.5. The average Bonchev–Trinajstić information content (AvgIpc) is 3.04. The van der Waals surface area contributed by atoms with Crippen molar-refractivity contribution in [1.82, 2.24) is 5.43 Å². The third-order valence-electron chi connectivity index (χ3n) is 3.61. The van der Waals surface area contributed by atoms with Crippen LogP contribution < -0.4 is 20.2 Å². The van der Waals surface area contributed by atoms with E-state index in [1.807, 2.05) is 49.4 Å². The molecule has 6 heteroatoms. The van der Waals surface area contributed by atoms with Crippen LogP contribution in [-0.2, 0) is 4.79 Å². The number of hydrazone groups is 1. The first-order valence-corrected chi connectivity index (χ1v) is 7.67. The van der Waals surface area contributed by atoms with Crippen molar-refractivity contribution in [3.8, 4) is 11.5 Å². The molecule has 0 fully saturated rings. The second-order valence-corrected chi connectivity index (χ2v) is 5.58. The Morgan fingerprint density at radius 2 is 1.92 bits per heavy atom. The minimum absolute atomic E-state index is 0.215. The predicted octanol–water partition coefficient (Wildman–Crippen LogP) is 2.67. The molecule has 0 aliphatic carbocycles. The van der Waals surface area contributed by atoms with Crippen LogP contribution in [0.5, 0.6) is 11.5 Å². The van der Waals surface area contributed by atoms with E-state index in [2.05, 4.69) is 15.8 Å². The highest BCUT2D eigenvalue weighted by Gasteiger charge is 2.13. The van der Waals surface area contributed by atoms with E-state index in [0.717, 1.165) is 11.3 Å². The summed E-state index contributed by atoms with van der Waals surface area (Å²) in [6.45, 7) is 4.03. The molecule has 0 radical (unpaired) electrons. The van der Waals surface area contributed by atoms with Crippen LogP contribution in [0, 0.1) is 6.92 Å². The molecular weight excluding hydrogens is 306 g/mol. The van der Waals surface area contributed by atoms with Gasteiger partial charge in [-0.2, -0.15) is 5.10 Å². The maximum absolute atomic E-state index is 12.1. The fourth-order valence-corrected chi connectivity index (χ4v) is 2.23. The molecule has 1 aliphatic heterocycles. The van der Waals surface area contributed by atoms with Gasteiger partial charge in [0.15, 0.2) is 11.5 Å². The molecule has 24 heavy (non-hydrogen) atoms. The number of ether oxygens (including phenoxy) is 2. The highest BCUT2D eigenvalue weighted by Crippen LogP contribution is 2.31. The third kappa shape index (κ3) is 3.84. The van der Waals surface area contributed by atoms with E-state index in [0.29, 0.717) is 11.5 Å². The fourth-order valence-electron chi connectivity index (χ4n) is 2.23. The van der Waals surface area contributed by atoms with Gasteiger partial charge in [0.1, 0.15) is 6.04 Å². The largest absolute Gasteiger partial charge is 0.454 e. The summed E-state index contributed by atoms with van der Waals surface area (Å²) >= 11 is 0. The second-order valence-electron chi connectivity index (χ2n) is 5.58. The number of hydrogen-bond donors (Lipinski definition) is 2. The fraction of sp³-hybridized carbons (Fsp3) is 0.222. The van der Waals surface area contributed by atoms with Gasteiger partial charge in [-0.05, 0) is 49.7 Å². The van der Waals surface area contributed by atoms with Crippen LogP contribution in [0.4, 0.5) is 5.69 Å². The number of nitrogens with one attached hydrogen (secondary N) is 2. The molecular formula is C18H19N3O3. The minimum Gasteiger partial charge on any atom is -0.454 e. The number of carbonyl (C=O) groups excluding carboxylic acids is 1. The molecule has 124 valence electrons. The summed E-state index contributed by atoms with van der Waals surface area (Å²) in [7, 11) is 0. The molecule has 0 saturated carbocycles. The molecule has 0 spiro atoms. The van der Waals surface area contributed by atoms with Crippen molar-refractivity contribution in [3.63, 3.8) is 0 Å². The number of amides is 1. The summed E-state index contributed by atoms with van der Waals surface area (Å²) in [5.41, 5.74) is 5.41. The van der Waals surface area contributed by atoms with Crippen LogP contribution in [0.25, 0.3) is 0 Å². The molecule has 2 aromatic carbocycles. The van der Waals surface area contributed by atoms with Crippen LogP contribution >= 0.6 is 0 Å². The van der Waals surface area contributed by atoms with Crippen LogP contribution in [0.2, 0.25) is 0 Å². The van der Waals surface area contributed by atoms with Crippen molar-refractivity contribution in [2.45, 2.75) is 19.9 Å². The van der Waals surface area contributed by atoms with Gasteiger partial charge in [0, 0.05) is 5.69 Å². The van der Waals surface area contributed by atoms with Gasteiger partial charge in [0.2, 0.25) is 6.79 Å². The van der Waals surface area contributed by atoms with Crippen molar-refractivity contribution in [1.29, 1.82) is 0 Å². The number of aryl methyl sites for hydroxylation is 1. The molecule has 1 aliphatic rings. The maximum atomic E-state index is 12.1. The van der Waals surface area contributed by atoms with Crippen molar-refractivity contribution in [3.05, 3.63) is 53.6 Å². The highest BCUT2D eigenvalue weighted by atomic mass is 16.7. The van der Waals surface area contributed by atoms with Crippen LogP contribution in [0.3, 0.4) is 0 Å². The number of fused-ring (bicyclic) bond motifs is 1. The Bertz CT molecular complexity index is 757. The number of rotatable bonds is 5. The zero-order valence-electron chi connectivity index (χ0n) is 13.6. The predicted molar refractivity (Wildman–Crippen MR) is 92.6 cm³/mol. The number of hydrogen-bond acceptors (Lipinski definition) is 5. The van der Waals surface area contributed by atoms with Gasteiger partial charge in [-0.1, -0.05) is 17.7 Å². The highest BCUT2D eigenvalue weighted by molar-refractivity contribution is 5.86. The molecule has 2 N–H and O–H groups in total. The third-order valence-corrected chi connectivity index (χ3v) is 3.61. The molecule has 6 nitrogen and oxygen atoms in total. The molecule has 0 saturated heterocycles. The molecule has 1 amide bonds. The lowest BCUT2D eigenvalue weighted by molar-refractivity contribution is -0.121. The standard InChI is InChI=1S/C18H19N3O3/c1-12-3-6-15(7-4-12)20-13(2)18(22)21-19-10-14-5-8-16-17(9-14)24-11-23-16/h3-10,13,20H,11H2,1-2H3,(H,21,22)/b19-10+. The zero-order chi connectivity index (χ0) is 16.9. The first-order valence-electron chi connectivity index (χ1n) is 7.67. The average molecular weight is 325 g/mol. The van der Waals surface area contributed by atoms with Crippen molar-refractivity contribution >= 4 is 17.8 Å². The van der Waals surface area contributed by atoms with E-state index in [1.165, 1.54) is 5.56 Å². The number of carbonyl (C=O) groups is 1. The summed E-state index contributed by atoms with van der Waals surface area (Å²) in [5, 5.41) is 7.11. The molecule has 1 atom stereocenters. The lowest BCUT2D eigenvalue weighted by Crippen LogP contribution is -2.34. The van der Waals surface area contributed by atoms with Gasteiger partial charge in [0.25, 0.3) is 5.91 Å². The molecule has 1 unspecified atom stereocenters. The SMILES string of the molecule is Cc1ccc(NC(C)C(=O)N/N=C/c2ccc3c(c2)OCO3)cc1. The van der Waals surface area contributed by atoms with Gasteiger partial charge in [-0.3, -0.25) is 4.79 Å². The summed E-state index contributed by atoms with van der Waals surface area (Å²) in [6, 6.07) is 12.9. The van der Waals surface area contributed by atoms with Crippen molar-refractivity contribution < 1.29 is 14.3 Å². The van der Waals surface area contributed by atoms with Gasteiger partial charge in [-0.15, -0.1) is 0 Å². The van der Waals surface area contributed by atoms with Crippen LogP contribution in [0.15, 0.2) is 47.6 Å². The molecule has 1 heterocycles. The minimum atomic E-state index is -0.401. The topological polar surface area (TPSA) is 72.0 Å². The zero-order valence-corrected chi connectivity index (χ0v) is 13.6. The van der Waals surface area contributed by atoms with E-state index < -0.39 is 6.04 Å². The monoisotopic (exact) mass is 325 g/mol. The van der Waals surface area contributed by atoms with E-state index in [-0.39, 0.29) is 12.7 Å². The summed E-state index contributed by atoms with van der Waals surface area (Å²) in [4.78, 5) is 12.1. The Hall–Kier alpha value is -3.02. The van der Waals surface area contributed by atoms with E-state index in [4.69, 9.17) is 9.47 Å². The molecule has 2 aromatic rings. The quantitative estimate of drug-likeness (QED) is 0.655. The van der Waals surface area contributed by atoms with Gasteiger partial charge >= 0.3 is 0 Å². The maximum Gasteiger partial charge on any atom is 0.262 e. The lowest BCUT2D eigenvalue weighted by atomic mass is 10.2. The Morgan fingerprint density at radius 3 is 2.71 bits per heavy atom. The van der Waals surface area contributed by atoms with Gasteiger partial charge in [0.05, 0.1) is 6.21 Å². The number of anilines is 1. The van der Waals surface area contributed by atoms with Crippen LogP contribution in [0.1, 0.15) is 18.1 Å². The molecule has 3 rings (SSSR count). The van der Waals surface area contributed by atoms with E-state index >= 15 is 0 Å². The smallest absolute Gasteiger partial charge is 0.262 e. The van der Waals surface area contributed by atoms with Gasteiger partial charge in [-0.25, -0.2) is 5.43 Å². The van der Waals surface area contributed by atoms with Gasteiger partial charge < -0.3 is 14.8 Å². The normalized spacial score (nSPS) is 13.8.